The topological polar surface area (TPSA) is 105 Å². The monoisotopic (exact) mass is 393 g/mol. The van der Waals surface area contributed by atoms with Gasteiger partial charge in [0.05, 0.1) is 5.39 Å². The first-order chi connectivity index (χ1) is 13.9. The standard InChI is InChI=1S/C21H23N5O3/c1-13(2)12-26-20(28)17-7-5-4-6-16(17)18(25-26)19(27)23-14-8-10-15(11-9-14)24-21(29)22-3/h4-11,13H,12H2,1-3H3,(H,23,27)(H2,22,24,29). The number of urea groups is 1. The maximum absolute atomic E-state index is 12.9. The van der Waals surface area contributed by atoms with Crippen LogP contribution in [0.1, 0.15) is 24.3 Å². The summed E-state index contributed by atoms with van der Waals surface area (Å²) in [6.07, 6.45) is 0. The molecule has 0 spiro atoms. The van der Waals surface area contributed by atoms with Gasteiger partial charge in [-0.05, 0) is 36.2 Å². The minimum atomic E-state index is -0.411. The summed E-state index contributed by atoms with van der Waals surface area (Å²) < 4.78 is 1.35. The van der Waals surface area contributed by atoms with Crippen molar-refractivity contribution in [1.29, 1.82) is 0 Å². The summed E-state index contributed by atoms with van der Waals surface area (Å²) in [6.45, 7) is 4.39. The number of anilines is 2. The number of fused-ring (bicyclic) bond motifs is 1. The Bertz CT molecular complexity index is 1100. The molecule has 3 amide bonds. The van der Waals surface area contributed by atoms with E-state index in [9.17, 15) is 14.4 Å². The van der Waals surface area contributed by atoms with E-state index in [0.717, 1.165) is 0 Å². The van der Waals surface area contributed by atoms with Gasteiger partial charge in [-0.1, -0.05) is 32.0 Å². The summed E-state index contributed by atoms with van der Waals surface area (Å²) in [6, 6.07) is 13.3. The van der Waals surface area contributed by atoms with Gasteiger partial charge >= 0.3 is 6.03 Å². The van der Waals surface area contributed by atoms with E-state index in [-0.39, 0.29) is 23.2 Å². The van der Waals surface area contributed by atoms with E-state index in [0.29, 0.717) is 28.7 Å². The third kappa shape index (κ3) is 4.60. The van der Waals surface area contributed by atoms with Gasteiger partial charge in [0.2, 0.25) is 0 Å². The average molecular weight is 393 g/mol. The number of hydrogen-bond donors (Lipinski definition) is 3. The lowest BCUT2D eigenvalue weighted by Gasteiger charge is -2.13. The summed E-state index contributed by atoms with van der Waals surface area (Å²) in [5.41, 5.74) is 1.12. The fraction of sp³-hybridized carbons (Fsp3) is 0.238. The zero-order chi connectivity index (χ0) is 21.0. The van der Waals surface area contributed by atoms with E-state index in [2.05, 4.69) is 21.0 Å². The van der Waals surface area contributed by atoms with Crippen molar-refractivity contribution in [2.24, 2.45) is 5.92 Å². The second-order valence-electron chi connectivity index (χ2n) is 7.01. The lowest BCUT2D eigenvalue weighted by atomic mass is 10.1. The van der Waals surface area contributed by atoms with Crippen molar-refractivity contribution in [3.8, 4) is 0 Å². The molecular weight excluding hydrogens is 370 g/mol. The van der Waals surface area contributed by atoms with Crippen molar-refractivity contribution in [3.63, 3.8) is 0 Å². The van der Waals surface area contributed by atoms with Gasteiger partial charge in [0.15, 0.2) is 5.69 Å². The summed E-state index contributed by atoms with van der Waals surface area (Å²) in [4.78, 5) is 37.0. The molecule has 0 aliphatic rings. The smallest absolute Gasteiger partial charge is 0.318 e. The molecule has 29 heavy (non-hydrogen) atoms. The van der Waals surface area contributed by atoms with Crippen molar-refractivity contribution in [2.75, 3.05) is 17.7 Å². The number of aromatic nitrogens is 2. The Balaban J connectivity index is 1.91. The highest BCUT2D eigenvalue weighted by Gasteiger charge is 2.17. The summed E-state index contributed by atoms with van der Waals surface area (Å²) in [7, 11) is 1.53. The third-order valence-electron chi connectivity index (χ3n) is 4.25. The van der Waals surface area contributed by atoms with E-state index in [1.165, 1.54) is 11.7 Å². The van der Waals surface area contributed by atoms with E-state index < -0.39 is 5.91 Å². The highest BCUT2D eigenvalue weighted by molar-refractivity contribution is 6.11. The largest absolute Gasteiger partial charge is 0.341 e. The van der Waals surface area contributed by atoms with Gasteiger partial charge in [-0.2, -0.15) is 5.10 Å². The average Bonchev–Trinajstić information content (AvgIpc) is 2.71. The molecular formula is C21H23N5O3. The molecule has 8 nitrogen and oxygen atoms in total. The molecule has 0 aliphatic heterocycles. The molecule has 0 saturated heterocycles. The molecule has 3 aromatic rings. The van der Waals surface area contributed by atoms with Gasteiger partial charge in [-0.25, -0.2) is 9.48 Å². The van der Waals surface area contributed by atoms with Gasteiger partial charge in [0, 0.05) is 30.4 Å². The highest BCUT2D eigenvalue weighted by Crippen LogP contribution is 2.18. The van der Waals surface area contributed by atoms with Gasteiger partial charge < -0.3 is 16.0 Å². The summed E-state index contributed by atoms with van der Waals surface area (Å²) in [5, 5.41) is 13.2. The predicted octanol–water partition coefficient (Wildman–Crippen LogP) is 3.06. The first kappa shape index (κ1) is 20.1. The number of nitrogens with zero attached hydrogens (tertiary/aromatic N) is 2. The second kappa shape index (κ2) is 8.55. The maximum atomic E-state index is 12.9. The van der Waals surface area contributed by atoms with Gasteiger partial charge in [-0.3, -0.25) is 9.59 Å². The molecule has 0 atom stereocenters. The zero-order valence-electron chi connectivity index (χ0n) is 16.5. The van der Waals surface area contributed by atoms with Crippen LogP contribution >= 0.6 is 0 Å². The van der Waals surface area contributed by atoms with Crippen molar-refractivity contribution in [3.05, 3.63) is 64.6 Å². The minimum Gasteiger partial charge on any atom is -0.341 e. The summed E-state index contributed by atoms with van der Waals surface area (Å²) >= 11 is 0. The Morgan fingerprint density at radius 3 is 2.14 bits per heavy atom. The number of carbonyl (C=O) groups is 2. The highest BCUT2D eigenvalue weighted by atomic mass is 16.2. The predicted molar refractivity (Wildman–Crippen MR) is 113 cm³/mol. The van der Waals surface area contributed by atoms with E-state index in [1.807, 2.05) is 13.8 Å². The van der Waals surface area contributed by atoms with Gasteiger partial charge in [0.1, 0.15) is 0 Å². The molecule has 1 aromatic heterocycles. The quantitative estimate of drug-likeness (QED) is 0.619. The Labute approximate surface area is 167 Å². The Morgan fingerprint density at radius 1 is 0.966 bits per heavy atom. The van der Waals surface area contributed by atoms with Crippen LogP contribution in [-0.4, -0.2) is 28.8 Å². The van der Waals surface area contributed by atoms with Crippen LogP contribution in [0.25, 0.3) is 10.8 Å². The Kier molecular flexibility index (Phi) is 5.92. The fourth-order valence-corrected chi connectivity index (χ4v) is 2.89. The van der Waals surface area contributed by atoms with E-state index in [1.54, 1.807) is 48.5 Å². The molecule has 3 N–H and O–H groups in total. The normalized spacial score (nSPS) is 10.8. The van der Waals surface area contributed by atoms with Crippen LogP contribution in [0.15, 0.2) is 53.3 Å². The molecule has 0 saturated carbocycles. The lowest BCUT2D eigenvalue weighted by Crippen LogP contribution is -2.29. The first-order valence-corrected chi connectivity index (χ1v) is 9.29. The van der Waals surface area contributed by atoms with Crippen molar-refractivity contribution in [1.82, 2.24) is 15.1 Å². The number of benzene rings is 2. The minimum absolute atomic E-state index is 0.188. The Hall–Kier alpha value is -3.68. The number of hydrogen-bond acceptors (Lipinski definition) is 4. The van der Waals surface area contributed by atoms with Crippen molar-refractivity contribution >= 4 is 34.1 Å². The second-order valence-corrected chi connectivity index (χ2v) is 7.01. The van der Waals surface area contributed by atoms with Gasteiger partial charge in [0.25, 0.3) is 11.5 Å². The number of nitrogens with one attached hydrogen (secondary N) is 3. The van der Waals surface area contributed by atoms with Gasteiger partial charge in [-0.15, -0.1) is 0 Å². The molecule has 2 aromatic carbocycles. The van der Waals surface area contributed by atoms with Crippen LogP contribution in [0.2, 0.25) is 0 Å². The molecule has 8 heteroatoms. The van der Waals surface area contributed by atoms with Crippen LogP contribution in [0.3, 0.4) is 0 Å². The molecule has 150 valence electrons. The molecule has 0 bridgehead atoms. The third-order valence-corrected chi connectivity index (χ3v) is 4.25. The molecule has 0 radical (unpaired) electrons. The van der Waals surface area contributed by atoms with E-state index >= 15 is 0 Å². The maximum Gasteiger partial charge on any atom is 0.318 e. The van der Waals surface area contributed by atoms with Crippen molar-refractivity contribution < 1.29 is 9.59 Å². The first-order valence-electron chi connectivity index (χ1n) is 9.29. The zero-order valence-corrected chi connectivity index (χ0v) is 16.5. The van der Waals surface area contributed by atoms with Crippen molar-refractivity contribution in [2.45, 2.75) is 20.4 Å². The number of carbonyl (C=O) groups excluding carboxylic acids is 2. The molecule has 3 rings (SSSR count). The fourth-order valence-electron chi connectivity index (χ4n) is 2.89. The molecule has 0 fully saturated rings. The molecule has 0 unspecified atom stereocenters. The van der Waals surface area contributed by atoms with Crippen LogP contribution in [0, 0.1) is 5.92 Å². The van der Waals surface area contributed by atoms with Crippen LogP contribution in [0.4, 0.5) is 16.2 Å². The Morgan fingerprint density at radius 2 is 1.55 bits per heavy atom. The number of rotatable bonds is 5. The molecule has 0 aliphatic carbocycles. The summed E-state index contributed by atoms with van der Waals surface area (Å²) in [5.74, 6) is -0.205. The van der Waals surface area contributed by atoms with E-state index in [4.69, 9.17) is 0 Å². The SMILES string of the molecule is CNC(=O)Nc1ccc(NC(=O)c2nn(CC(C)C)c(=O)c3ccccc23)cc1. The molecule has 1 heterocycles. The van der Waals surface area contributed by atoms with Crippen LogP contribution < -0.4 is 21.5 Å². The van der Waals surface area contributed by atoms with Crippen LogP contribution in [-0.2, 0) is 6.54 Å². The number of amides is 3. The lowest BCUT2D eigenvalue weighted by molar-refractivity contribution is 0.102. The van der Waals surface area contributed by atoms with Crippen LogP contribution in [0.5, 0.6) is 0 Å².